The van der Waals surface area contributed by atoms with Crippen LogP contribution in [0.1, 0.15) is 29.8 Å². The summed E-state index contributed by atoms with van der Waals surface area (Å²) in [4.78, 5) is 27.3. The molecule has 0 radical (unpaired) electrons. The van der Waals surface area contributed by atoms with Gasteiger partial charge >= 0.3 is 0 Å². The number of amides is 2. The second-order valence-electron chi connectivity index (χ2n) is 4.90. The zero-order chi connectivity index (χ0) is 14.7. The molecule has 6 nitrogen and oxygen atoms in total. The van der Waals surface area contributed by atoms with Crippen molar-refractivity contribution in [1.82, 2.24) is 20.0 Å². The van der Waals surface area contributed by atoms with Crippen molar-refractivity contribution in [1.29, 1.82) is 0 Å². The molecule has 0 aliphatic rings. The van der Waals surface area contributed by atoms with Gasteiger partial charge in [-0.1, -0.05) is 0 Å². The molecule has 2 rings (SSSR count). The fourth-order valence-electron chi connectivity index (χ4n) is 2.08. The van der Waals surface area contributed by atoms with Gasteiger partial charge in [-0.25, -0.2) is 4.98 Å². The first-order valence-electron chi connectivity index (χ1n) is 6.46. The van der Waals surface area contributed by atoms with Crippen molar-refractivity contribution < 1.29 is 9.59 Å². The Kier molecular flexibility index (Phi) is 4.02. The van der Waals surface area contributed by atoms with E-state index in [0.717, 1.165) is 5.56 Å². The van der Waals surface area contributed by atoms with Crippen molar-refractivity contribution in [3.05, 3.63) is 35.8 Å². The van der Waals surface area contributed by atoms with Gasteiger partial charge in [0, 0.05) is 38.1 Å². The maximum absolute atomic E-state index is 12.2. The van der Waals surface area contributed by atoms with Crippen LogP contribution < -0.4 is 10.6 Å². The molecule has 0 bridgehead atoms. The van der Waals surface area contributed by atoms with Gasteiger partial charge in [-0.3, -0.25) is 9.59 Å². The van der Waals surface area contributed by atoms with Crippen LogP contribution in [0.5, 0.6) is 0 Å². The summed E-state index contributed by atoms with van der Waals surface area (Å²) in [5, 5.41) is 5.52. The Bertz CT molecular complexity index is 648. The van der Waals surface area contributed by atoms with Gasteiger partial charge in [0.2, 0.25) is 5.91 Å². The summed E-state index contributed by atoms with van der Waals surface area (Å²) in [6, 6.07) is 1.69. The van der Waals surface area contributed by atoms with Gasteiger partial charge in [0.25, 0.3) is 5.91 Å². The molecule has 0 aromatic carbocycles. The zero-order valence-electron chi connectivity index (χ0n) is 11.8. The topological polar surface area (TPSA) is 75.5 Å². The number of rotatable bonds is 4. The number of fused-ring (bicyclic) bond motifs is 1. The molecule has 2 N–H and O–H groups in total. The Balaban J connectivity index is 2.11. The monoisotopic (exact) mass is 274 g/mol. The minimum absolute atomic E-state index is 0.113. The van der Waals surface area contributed by atoms with Gasteiger partial charge in [-0.15, -0.1) is 0 Å². The van der Waals surface area contributed by atoms with Crippen LogP contribution in [0.2, 0.25) is 0 Å². The largest absolute Gasteiger partial charge is 0.352 e. The normalized spacial score (nSPS) is 12.2. The molecule has 1 atom stereocenters. The van der Waals surface area contributed by atoms with E-state index in [0.29, 0.717) is 17.8 Å². The molecule has 0 fully saturated rings. The lowest BCUT2D eigenvalue weighted by Gasteiger charge is -2.14. The van der Waals surface area contributed by atoms with Crippen LogP contribution >= 0.6 is 0 Å². The average Bonchev–Trinajstić information content (AvgIpc) is 2.81. The van der Waals surface area contributed by atoms with E-state index in [1.807, 2.05) is 24.4 Å². The number of nitrogens with zero attached hydrogens (tertiary/aromatic N) is 2. The van der Waals surface area contributed by atoms with Crippen LogP contribution in [0.3, 0.4) is 0 Å². The number of carbonyl (C=O) groups is 2. The van der Waals surface area contributed by atoms with Crippen LogP contribution in [0, 0.1) is 6.92 Å². The predicted molar refractivity (Wildman–Crippen MR) is 75.5 cm³/mol. The molecule has 0 aliphatic carbocycles. The smallest absolute Gasteiger partial charge is 0.255 e. The van der Waals surface area contributed by atoms with Crippen LogP contribution in [0.25, 0.3) is 5.65 Å². The van der Waals surface area contributed by atoms with Gasteiger partial charge in [-0.2, -0.15) is 0 Å². The molecule has 2 aromatic rings. The van der Waals surface area contributed by atoms with Crippen LogP contribution in [-0.2, 0) is 4.79 Å². The number of hydrogen-bond acceptors (Lipinski definition) is 3. The molecule has 0 saturated heterocycles. The van der Waals surface area contributed by atoms with Gasteiger partial charge in [0.1, 0.15) is 5.65 Å². The number of pyridine rings is 1. The number of nitrogens with one attached hydrogen (secondary N) is 2. The Morgan fingerprint density at radius 3 is 2.90 bits per heavy atom. The van der Waals surface area contributed by atoms with E-state index in [4.69, 9.17) is 0 Å². The summed E-state index contributed by atoms with van der Waals surface area (Å²) in [6.45, 7) is 5.59. The molecule has 0 spiro atoms. The van der Waals surface area contributed by atoms with Crippen molar-refractivity contribution in [3.8, 4) is 0 Å². The Labute approximate surface area is 117 Å². The molecule has 20 heavy (non-hydrogen) atoms. The summed E-state index contributed by atoms with van der Waals surface area (Å²) in [5.41, 5.74) is 2.14. The highest BCUT2D eigenvalue weighted by Crippen LogP contribution is 2.11. The number of hydrogen-bond donors (Lipinski definition) is 2. The Hall–Kier alpha value is -2.37. The van der Waals surface area contributed by atoms with Gasteiger partial charge in [-0.05, 0) is 25.5 Å². The van der Waals surface area contributed by atoms with E-state index in [1.165, 1.54) is 6.92 Å². The summed E-state index contributed by atoms with van der Waals surface area (Å²) in [6.07, 6.45) is 5.38. The Morgan fingerprint density at radius 1 is 1.45 bits per heavy atom. The first kappa shape index (κ1) is 14.0. The van der Waals surface area contributed by atoms with Gasteiger partial charge < -0.3 is 15.0 Å². The van der Waals surface area contributed by atoms with Crippen LogP contribution in [-0.4, -0.2) is 33.8 Å². The third-order valence-electron chi connectivity index (χ3n) is 2.89. The van der Waals surface area contributed by atoms with E-state index >= 15 is 0 Å². The van der Waals surface area contributed by atoms with E-state index in [-0.39, 0.29) is 17.9 Å². The quantitative estimate of drug-likeness (QED) is 0.869. The molecule has 1 unspecified atom stereocenters. The number of aromatic nitrogens is 2. The van der Waals surface area contributed by atoms with E-state index in [9.17, 15) is 9.59 Å². The summed E-state index contributed by atoms with van der Waals surface area (Å²) < 4.78 is 1.82. The predicted octanol–water partition coefficient (Wildman–Crippen LogP) is 0.897. The first-order chi connectivity index (χ1) is 9.47. The zero-order valence-corrected chi connectivity index (χ0v) is 11.8. The van der Waals surface area contributed by atoms with E-state index in [1.54, 1.807) is 18.5 Å². The molecule has 106 valence electrons. The van der Waals surface area contributed by atoms with Crippen LogP contribution in [0.15, 0.2) is 24.7 Å². The molecular weight excluding hydrogens is 256 g/mol. The fraction of sp³-hybridized carbons (Fsp3) is 0.357. The Morgan fingerprint density at radius 2 is 2.20 bits per heavy atom. The molecule has 2 aromatic heterocycles. The van der Waals surface area contributed by atoms with Crippen molar-refractivity contribution in [3.63, 3.8) is 0 Å². The van der Waals surface area contributed by atoms with Crippen molar-refractivity contribution >= 4 is 17.5 Å². The van der Waals surface area contributed by atoms with E-state index < -0.39 is 0 Å². The average molecular weight is 274 g/mol. The summed E-state index contributed by atoms with van der Waals surface area (Å²) in [5.74, 6) is -0.306. The number of aryl methyl sites for hydroxylation is 1. The molecule has 6 heteroatoms. The molecule has 2 heterocycles. The first-order valence-corrected chi connectivity index (χ1v) is 6.46. The minimum atomic E-state index is -0.192. The second kappa shape index (κ2) is 5.73. The second-order valence-corrected chi connectivity index (χ2v) is 4.90. The molecule has 2 amide bonds. The summed E-state index contributed by atoms with van der Waals surface area (Å²) in [7, 11) is 0. The summed E-state index contributed by atoms with van der Waals surface area (Å²) >= 11 is 0. The van der Waals surface area contributed by atoms with Gasteiger partial charge in [0.15, 0.2) is 0 Å². The molecule has 0 aliphatic heterocycles. The van der Waals surface area contributed by atoms with Gasteiger partial charge in [0.05, 0.1) is 5.56 Å². The number of carbonyl (C=O) groups excluding carboxylic acids is 2. The van der Waals surface area contributed by atoms with Crippen molar-refractivity contribution in [2.75, 3.05) is 6.54 Å². The maximum atomic E-state index is 12.2. The van der Waals surface area contributed by atoms with Crippen molar-refractivity contribution in [2.24, 2.45) is 0 Å². The number of imidazole rings is 1. The maximum Gasteiger partial charge on any atom is 0.255 e. The third kappa shape index (κ3) is 3.14. The third-order valence-corrected chi connectivity index (χ3v) is 2.89. The SMILES string of the molecule is CC(=O)NC(C)CNC(=O)c1cc(C)cn2ccnc12. The lowest BCUT2D eigenvalue weighted by molar-refractivity contribution is -0.119. The standard InChI is InChI=1S/C14H18N4O2/c1-9-6-12(13-15-4-5-18(13)8-9)14(20)16-7-10(2)17-11(3)19/h4-6,8,10H,7H2,1-3H3,(H,16,20)(H,17,19). The van der Waals surface area contributed by atoms with Crippen molar-refractivity contribution in [2.45, 2.75) is 26.8 Å². The van der Waals surface area contributed by atoms with Crippen LogP contribution in [0.4, 0.5) is 0 Å². The lowest BCUT2D eigenvalue weighted by atomic mass is 10.2. The highest BCUT2D eigenvalue weighted by Gasteiger charge is 2.13. The molecular formula is C14H18N4O2. The lowest BCUT2D eigenvalue weighted by Crippen LogP contribution is -2.41. The molecule has 0 saturated carbocycles. The fourth-order valence-corrected chi connectivity index (χ4v) is 2.08. The highest BCUT2D eigenvalue weighted by molar-refractivity contribution is 6.00. The minimum Gasteiger partial charge on any atom is -0.352 e. The highest BCUT2D eigenvalue weighted by atomic mass is 16.2. The van der Waals surface area contributed by atoms with E-state index in [2.05, 4.69) is 15.6 Å².